The van der Waals surface area contributed by atoms with Crippen LogP contribution in [0.15, 0.2) is 6.07 Å². The second kappa shape index (κ2) is 8.16. The number of halogens is 9. The van der Waals surface area contributed by atoms with Crippen LogP contribution in [-0.2, 0) is 0 Å². The number of rotatable bonds is 6. The molecule has 0 fully saturated rings. The van der Waals surface area contributed by atoms with E-state index in [0.29, 0.717) is 0 Å². The summed E-state index contributed by atoms with van der Waals surface area (Å²) in [6.07, 6.45) is -9.79. The van der Waals surface area contributed by atoms with Gasteiger partial charge in [-0.1, -0.05) is 0 Å². The van der Waals surface area contributed by atoms with E-state index in [1.165, 1.54) is 0 Å². The van der Waals surface area contributed by atoms with Gasteiger partial charge < -0.3 is 14.2 Å². The zero-order valence-corrected chi connectivity index (χ0v) is 14.0. The molecule has 1 heterocycles. The lowest BCUT2D eigenvalue weighted by molar-refractivity contribution is -0.156. The van der Waals surface area contributed by atoms with Crippen molar-refractivity contribution in [2.75, 3.05) is 20.3 Å². The third kappa shape index (κ3) is 5.99. The molecule has 0 aliphatic carbocycles. The van der Waals surface area contributed by atoms with E-state index in [2.05, 4.69) is 29.2 Å². The maximum Gasteiger partial charge on any atom is 0.422 e. The SMILES string of the molecule is COc1c(F)cc(F)c(F)c1-c1nc(OCC(F)(F)F)nc(OCC(F)(F)F)n1. The van der Waals surface area contributed by atoms with Crippen LogP contribution in [0.1, 0.15) is 0 Å². The minimum atomic E-state index is -4.90. The predicted octanol–water partition coefficient (Wildman–Crippen LogP) is 3.85. The molecule has 160 valence electrons. The fourth-order valence-electron chi connectivity index (χ4n) is 1.85. The van der Waals surface area contributed by atoms with E-state index in [1.54, 1.807) is 0 Å². The van der Waals surface area contributed by atoms with Crippen LogP contribution >= 0.6 is 0 Å². The molecule has 1 aromatic heterocycles. The molecule has 0 saturated carbocycles. The maximum absolute atomic E-state index is 14.2. The van der Waals surface area contributed by atoms with Crippen molar-refractivity contribution in [1.82, 2.24) is 15.0 Å². The summed E-state index contributed by atoms with van der Waals surface area (Å²) in [5, 5.41) is 0. The summed E-state index contributed by atoms with van der Waals surface area (Å²) >= 11 is 0. The van der Waals surface area contributed by atoms with Crippen LogP contribution in [0.4, 0.5) is 39.5 Å². The largest absolute Gasteiger partial charge is 0.493 e. The Kier molecular flexibility index (Phi) is 6.27. The maximum atomic E-state index is 14.2. The quantitative estimate of drug-likeness (QED) is 0.506. The minimum absolute atomic E-state index is 0.0982. The zero-order valence-electron chi connectivity index (χ0n) is 14.0. The number of alkyl halides is 6. The standard InChI is InChI=1S/C14H8F9N3O3/c1-27-9-6(16)2-5(15)8(17)7(9)10-24-11(28-3-13(18,19)20)26-12(25-10)29-4-14(21,22)23/h2H,3-4H2,1H3. The number of hydrogen-bond acceptors (Lipinski definition) is 6. The summed E-state index contributed by atoms with van der Waals surface area (Å²) in [6, 6.07) is -2.38. The van der Waals surface area contributed by atoms with Crippen LogP contribution < -0.4 is 14.2 Å². The minimum Gasteiger partial charge on any atom is -0.493 e. The van der Waals surface area contributed by atoms with E-state index >= 15 is 0 Å². The molecule has 15 heteroatoms. The first-order valence-corrected chi connectivity index (χ1v) is 7.17. The molecule has 29 heavy (non-hydrogen) atoms. The summed E-state index contributed by atoms with van der Waals surface area (Å²) in [5.74, 6) is -7.06. The highest BCUT2D eigenvalue weighted by Gasteiger charge is 2.32. The van der Waals surface area contributed by atoms with Gasteiger partial charge in [0.1, 0.15) is 5.56 Å². The highest BCUT2D eigenvalue weighted by Crippen LogP contribution is 2.35. The number of ether oxygens (including phenoxy) is 3. The Labute approximate surface area is 155 Å². The number of nitrogens with zero attached hydrogens (tertiary/aromatic N) is 3. The average molecular weight is 437 g/mol. The summed E-state index contributed by atoms with van der Waals surface area (Å²) in [5.41, 5.74) is -1.14. The van der Waals surface area contributed by atoms with Gasteiger partial charge in [0.25, 0.3) is 0 Å². The Bertz CT molecular complexity index is 851. The Balaban J connectivity index is 2.58. The van der Waals surface area contributed by atoms with Crippen molar-refractivity contribution in [2.24, 2.45) is 0 Å². The highest BCUT2D eigenvalue weighted by molar-refractivity contribution is 5.66. The van der Waals surface area contributed by atoms with Crippen molar-refractivity contribution in [3.8, 4) is 29.2 Å². The van der Waals surface area contributed by atoms with E-state index in [0.717, 1.165) is 7.11 Å². The van der Waals surface area contributed by atoms with Gasteiger partial charge in [-0.15, -0.1) is 4.98 Å². The summed E-state index contributed by atoms with van der Waals surface area (Å²) in [4.78, 5) is 9.57. The van der Waals surface area contributed by atoms with Crippen molar-refractivity contribution < 1.29 is 53.7 Å². The van der Waals surface area contributed by atoms with E-state index in [1.807, 2.05) is 0 Å². The van der Waals surface area contributed by atoms with E-state index < -0.39 is 72.2 Å². The molecule has 1 aromatic carbocycles. The van der Waals surface area contributed by atoms with Gasteiger partial charge in [0.05, 0.1) is 7.11 Å². The monoisotopic (exact) mass is 437 g/mol. The molecule has 0 aliphatic rings. The van der Waals surface area contributed by atoms with Gasteiger partial charge >= 0.3 is 24.4 Å². The molecule has 0 aliphatic heterocycles. The molecule has 0 atom stereocenters. The molecule has 0 amide bonds. The van der Waals surface area contributed by atoms with Gasteiger partial charge in [0, 0.05) is 6.07 Å². The van der Waals surface area contributed by atoms with Crippen LogP contribution in [0.5, 0.6) is 17.8 Å². The van der Waals surface area contributed by atoms with Crippen LogP contribution in [0, 0.1) is 17.5 Å². The smallest absolute Gasteiger partial charge is 0.422 e. The summed E-state index contributed by atoms with van der Waals surface area (Å²) < 4.78 is 128. The second-order valence-corrected chi connectivity index (χ2v) is 5.09. The first-order valence-electron chi connectivity index (χ1n) is 7.17. The Morgan fingerprint density at radius 2 is 1.28 bits per heavy atom. The predicted molar refractivity (Wildman–Crippen MR) is 74.8 cm³/mol. The lowest BCUT2D eigenvalue weighted by Gasteiger charge is -2.14. The summed E-state index contributed by atoms with van der Waals surface area (Å²) in [7, 11) is 0.836. The molecule has 2 rings (SSSR count). The van der Waals surface area contributed by atoms with E-state index in [-0.39, 0.29) is 6.07 Å². The topological polar surface area (TPSA) is 66.4 Å². The van der Waals surface area contributed by atoms with Crippen LogP contribution in [-0.4, -0.2) is 47.6 Å². The molecular weight excluding hydrogens is 429 g/mol. The first kappa shape index (κ1) is 22.3. The Hall–Kier alpha value is -3.00. The average Bonchev–Trinajstić information content (AvgIpc) is 2.59. The van der Waals surface area contributed by atoms with Crippen molar-refractivity contribution in [1.29, 1.82) is 0 Å². The van der Waals surface area contributed by atoms with E-state index in [9.17, 15) is 39.5 Å². The van der Waals surface area contributed by atoms with E-state index in [4.69, 9.17) is 0 Å². The number of hydrogen-bond donors (Lipinski definition) is 0. The van der Waals surface area contributed by atoms with Gasteiger partial charge in [-0.05, 0) is 0 Å². The number of methoxy groups -OCH3 is 1. The molecule has 0 spiro atoms. The Morgan fingerprint density at radius 3 is 1.69 bits per heavy atom. The molecule has 0 N–H and O–H groups in total. The fourth-order valence-corrected chi connectivity index (χ4v) is 1.85. The second-order valence-electron chi connectivity index (χ2n) is 5.09. The van der Waals surface area contributed by atoms with Gasteiger partial charge in [-0.2, -0.15) is 36.3 Å². The number of aromatic nitrogens is 3. The van der Waals surface area contributed by atoms with Gasteiger partial charge in [-0.3, -0.25) is 0 Å². The van der Waals surface area contributed by atoms with Crippen LogP contribution in [0.25, 0.3) is 11.4 Å². The Morgan fingerprint density at radius 1 is 0.793 bits per heavy atom. The lowest BCUT2D eigenvalue weighted by Crippen LogP contribution is -2.22. The molecule has 0 bridgehead atoms. The van der Waals surface area contributed by atoms with Crippen molar-refractivity contribution in [2.45, 2.75) is 12.4 Å². The molecule has 0 saturated heterocycles. The van der Waals surface area contributed by atoms with Crippen molar-refractivity contribution in [3.63, 3.8) is 0 Å². The molecular formula is C14H8F9N3O3. The highest BCUT2D eigenvalue weighted by atomic mass is 19.4. The zero-order chi connectivity index (χ0) is 22.0. The summed E-state index contributed by atoms with van der Waals surface area (Å²) in [6.45, 7) is -3.96. The van der Waals surface area contributed by atoms with Crippen molar-refractivity contribution in [3.05, 3.63) is 23.5 Å². The van der Waals surface area contributed by atoms with Crippen LogP contribution in [0.2, 0.25) is 0 Å². The first-order chi connectivity index (χ1) is 13.3. The van der Waals surface area contributed by atoms with Crippen LogP contribution in [0.3, 0.4) is 0 Å². The third-order valence-electron chi connectivity index (χ3n) is 2.88. The van der Waals surface area contributed by atoms with Gasteiger partial charge in [0.2, 0.25) is 0 Å². The fraction of sp³-hybridized carbons (Fsp3) is 0.357. The van der Waals surface area contributed by atoms with Gasteiger partial charge in [-0.25, -0.2) is 13.2 Å². The van der Waals surface area contributed by atoms with Gasteiger partial charge in [0.15, 0.2) is 42.2 Å². The number of benzene rings is 1. The molecule has 2 aromatic rings. The normalized spacial score (nSPS) is 12.1. The molecule has 6 nitrogen and oxygen atoms in total. The third-order valence-corrected chi connectivity index (χ3v) is 2.88. The van der Waals surface area contributed by atoms with Crippen molar-refractivity contribution >= 4 is 0 Å². The molecule has 0 radical (unpaired) electrons. The molecule has 0 unspecified atom stereocenters. The lowest BCUT2D eigenvalue weighted by atomic mass is 10.1.